The van der Waals surface area contributed by atoms with Crippen molar-refractivity contribution in [2.45, 2.75) is 6.42 Å². The molecule has 0 atom stereocenters. The summed E-state index contributed by atoms with van der Waals surface area (Å²) in [5.74, 6) is -0.978. The van der Waals surface area contributed by atoms with Crippen molar-refractivity contribution in [3.05, 3.63) is 66.0 Å². The molecule has 0 saturated carbocycles. The number of urea groups is 1. The second-order valence-corrected chi connectivity index (χ2v) is 6.88. The van der Waals surface area contributed by atoms with E-state index in [1.54, 1.807) is 11.1 Å². The fraction of sp³-hybridized carbons (Fsp3) is 0.200. The van der Waals surface area contributed by atoms with E-state index in [0.717, 1.165) is 24.2 Å². The maximum Gasteiger partial charge on any atom is 0.323 e. The van der Waals surface area contributed by atoms with Crippen LogP contribution in [0.4, 0.5) is 25.1 Å². The molecule has 3 N–H and O–H groups in total. The van der Waals surface area contributed by atoms with Crippen molar-refractivity contribution < 1.29 is 13.6 Å². The molecule has 9 heteroatoms. The van der Waals surface area contributed by atoms with Crippen molar-refractivity contribution >= 4 is 17.5 Å². The summed E-state index contributed by atoms with van der Waals surface area (Å²) in [4.78, 5) is 18.3. The summed E-state index contributed by atoms with van der Waals surface area (Å²) in [5, 5.41) is 10.6. The molecule has 1 saturated heterocycles. The van der Waals surface area contributed by atoms with E-state index in [1.807, 2.05) is 12.1 Å². The van der Waals surface area contributed by atoms with Gasteiger partial charge in [-0.25, -0.2) is 18.6 Å². The highest BCUT2D eigenvalue weighted by atomic mass is 19.1. The number of nitrogens with one attached hydrogen (secondary N) is 1. The van der Waals surface area contributed by atoms with Gasteiger partial charge in [0.25, 0.3) is 0 Å². The van der Waals surface area contributed by atoms with E-state index in [-0.39, 0.29) is 28.8 Å². The number of aromatic nitrogens is 3. The third-order valence-electron chi connectivity index (χ3n) is 4.73. The average Bonchev–Trinajstić information content (AvgIpc) is 2.67. The molecule has 2 amide bonds. The zero-order valence-corrected chi connectivity index (χ0v) is 15.3. The van der Waals surface area contributed by atoms with Crippen LogP contribution in [-0.2, 0) is 6.42 Å². The highest BCUT2D eigenvalue weighted by molar-refractivity contribution is 5.92. The Balaban J connectivity index is 1.41. The molecule has 29 heavy (non-hydrogen) atoms. The second kappa shape index (κ2) is 7.78. The van der Waals surface area contributed by atoms with Crippen LogP contribution in [0.2, 0.25) is 0 Å². The number of carbonyl (C=O) groups is 1. The van der Waals surface area contributed by atoms with Crippen LogP contribution in [0.15, 0.2) is 48.7 Å². The SMILES string of the molecule is Nc1ccc(-c2ccc(F)cc2F)nc1NC(=O)N1CC(Cc2cccnn2)C1. The highest BCUT2D eigenvalue weighted by Crippen LogP contribution is 2.27. The van der Waals surface area contributed by atoms with E-state index in [2.05, 4.69) is 20.5 Å². The first kappa shape index (κ1) is 18.7. The van der Waals surface area contributed by atoms with Crippen LogP contribution in [-0.4, -0.2) is 39.2 Å². The molecule has 1 aliphatic rings. The number of likely N-dealkylation sites (tertiary alicyclic amines) is 1. The molecule has 4 rings (SSSR count). The van der Waals surface area contributed by atoms with Gasteiger partial charge in [-0.3, -0.25) is 5.32 Å². The zero-order valence-electron chi connectivity index (χ0n) is 15.3. The molecule has 0 radical (unpaired) electrons. The van der Waals surface area contributed by atoms with E-state index in [1.165, 1.54) is 18.2 Å². The molecular formula is C20H18F2N6O. The number of anilines is 2. The van der Waals surface area contributed by atoms with Crippen molar-refractivity contribution in [1.29, 1.82) is 0 Å². The molecule has 3 aromatic rings. The second-order valence-electron chi connectivity index (χ2n) is 6.88. The molecule has 148 valence electrons. The molecule has 0 spiro atoms. The first-order valence-corrected chi connectivity index (χ1v) is 9.04. The van der Waals surface area contributed by atoms with Gasteiger partial charge in [0.05, 0.1) is 17.1 Å². The van der Waals surface area contributed by atoms with Gasteiger partial charge in [0.2, 0.25) is 0 Å². The van der Waals surface area contributed by atoms with Crippen molar-refractivity contribution in [2.24, 2.45) is 5.92 Å². The molecule has 3 heterocycles. The minimum atomic E-state index is -0.742. The van der Waals surface area contributed by atoms with Gasteiger partial charge < -0.3 is 10.6 Å². The standard InChI is InChI=1S/C20H18F2N6O/c21-13-3-4-15(16(22)9-13)18-6-5-17(23)19(25-18)26-20(29)28-10-12(11-28)8-14-2-1-7-24-27-14/h1-7,9,12H,8,10-11,23H2,(H,25,26,29). The van der Waals surface area contributed by atoms with E-state index < -0.39 is 11.6 Å². The Morgan fingerprint density at radius 1 is 1.21 bits per heavy atom. The maximum atomic E-state index is 14.0. The minimum absolute atomic E-state index is 0.120. The van der Waals surface area contributed by atoms with Crippen LogP contribution < -0.4 is 11.1 Å². The first-order chi connectivity index (χ1) is 14.0. The van der Waals surface area contributed by atoms with Gasteiger partial charge in [0.1, 0.15) is 11.6 Å². The maximum absolute atomic E-state index is 14.0. The number of rotatable bonds is 4. The van der Waals surface area contributed by atoms with Crippen LogP contribution in [0.25, 0.3) is 11.3 Å². The van der Waals surface area contributed by atoms with Gasteiger partial charge in [0.15, 0.2) is 5.82 Å². The Kier molecular flexibility index (Phi) is 5.03. The molecule has 1 fully saturated rings. The van der Waals surface area contributed by atoms with Crippen LogP contribution in [0.1, 0.15) is 5.69 Å². The van der Waals surface area contributed by atoms with Crippen LogP contribution in [0.3, 0.4) is 0 Å². The summed E-state index contributed by atoms with van der Waals surface area (Å²) in [6.45, 7) is 1.16. The van der Waals surface area contributed by atoms with E-state index in [0.29, 0.717) is 19.0 Å². The molecule has 1 aromatic carbocycles. The van der Waals surface area contributed by atoms with Crippen molar-refractivity contribution in [3.8, 4) is 11.3 Å². The number of amides is 2. The van der Waals surface area contributed by atoms with Crippen molar-refractivity contribution in [3.63, 3.8) is 0 Å². The number of hydrogen-bond acceptors (Lipinski definition) is 5. The van der Waals surface area contributed by atoms with Crippen LogP contribution in [0.5, 0.6) is 0 Å². The topological polar surface area (TPSA) is 97.0 Å². The Bertz CT molecular complexity index is 1040. The third kappa shape index (κ3) is 4.13. The number of halogens is 2. The predicted octanol–water partition coefficient (Wildman–Crippen LogP) is 3.11. The van der Waals surface area contributed by atoms with E-state index in [9.17, 15) is 13.6 Å². The van der Waals surface area contributed by atoms with Gasteiger partial charge in [-0.15, -0.1) is 0 Å². The lowest BCUT2D eigenvalue weighted by Crippen LogP contribution is -2.52. The predicted molar refractivity (Wildman–Crippen MR) is 104 cm³/mol. The van der Waals surface area contributed by atoms with E-state index >= 15 is 0 Å². The highest BCUT2D eigenvalue weighted by Gasteiger charge is 2.31. The molecule has 7 nitrogen and oxygen atoms in total. The number of nitrogen functional groups attached to an aromatic ring is 1. The number of nitrogens with two attached hydrogens (primary N) is 1. The third-order valence-corrected chi connectivity index (χ3v) is 4.73. The van der Waals surface area contributed by atoms with Gasteiger partial charge in [-0.2, -0.15) is 10.2 Å². The summed E-state index contributed by atoms with van der Waals surface area (Å²) in [6.07, 6.45) is 2.37. The molecule has 0 bridgehead atoms. The first-order valence-electron chi connectivity index (χ1n) is 9.04. The van der Waals surface area contributed by atoms with Crippen molar-refractivity contribution in [1.82, 2.24) is 20.1 Å². The number of hydrogen-bond donors (Lipinski definition) is 2. The summed E-state index contributed by atoms with van der Waals surface area (Å²) in [7, 11) is 0. The normalized spacial score (nSPS) is 13.8. The molecule has 2 aromatic heterocycles. The number of pyridine rings is 1. The molecule has 0 aliphatic carbocycles. The summed E-state index contributed by atoms with van der Waals surface area (Å²) in [6, 6.07) is 9.65. The Morgan fingerprint density at radius 3 is 2.76 bits per heavy atom. The number of nitrogens with zero attached hydrogens (tertiary/aromatic N) is 4. The summed E-state index contributed by atoms with van der Waals surface area (Å²) in [5.41, 5.74) is 7.41. The lowest BCUT2D eigenvalue weighted by molar-refractivity contribution is 0.130. The lowest BCUT2D eigenvalue weighted by Gasteiger charge is -2.38. The fourth-order valence-corrected chi connectivity index (χ4v) is 3.20. The minimum Gasteiger partial charge on any atom is -0.396 e. The smallest absolute Gasteiger partial charge is 0.323 e. The largest absolute Gasteiger partial charge is 0.396 e. The Labute approximate surface area is 165 Å². The molecular weight excluding hydrogens is 378 g/mol. The number of carbonyl (C=O) groups excluding carboxylic acids is 1. The monoisotopic (exact) mass is 396 g/mol. The molecule has 0 unspecified atom stereocenters. The number of benzene rings is 1. The quantitative estimate of drug-likeness (QED) is 0.706. The van der Waals surface area contributed by atoms with Crippen LogP contribution >= 0.6 is 0 Å². The lowest BCUT2D eigenvalue weighted by atomic mass is 9.95. The van der Waals surface area contributed by atoms with E-state index in [4.69, 9.17) is 5.73 Å². The van der Waals surface area contributed by atoms with Crippen LogP contribution in [0, 0.1) is 17.6 Å². The summed E-state index contributed by atoms with van der Waals surface area (Å²) < 4.78 is 27.2. The zero-order chi connectivity index (χ0) is 20.4. The average molecular weight is 396 g/mol. The Hall–Kier alpha value is -3.62. The Morgan fingerprint density at radius 2 is 2.03 bits per heavy atom. The van der Waals surface area contributed by atoms with Gasteiger partial charge in [-0.1, -0.05) is 0 Å². The van der Waals surface area contributed by atoms with Gasteiger partial charge in [-0.05, 0) is 48.7 Å². The fourth-order valence-electron chi connectivity index (χ4n) is 3.20. The van der Waals surface area contributed by atoms with Gasteiger partial charge in [0, 0.05) is 30.9 Å². The van der Waals surface area contributed by atoms with Gasteiger partial charge >= 0.3 is 6.03 Å². The molecule has 1 aliphatic heterocycles. The summed E-state index contributed by atoms with van der Waals surface area (Å²) >= 11 is 0. The van der Waals surface area contributed by atoms with Crippen molar-refractivity contribution in [2.75, 3.05) is 24.1 Å².